The molecule has 0 fully saturated rings. The SMILES string of the molecule is CCN1C(SCc2cccc(C(F)(F)F)c2)=NS(=O)(=O)c2ccccc21. The van der Waals surface area contributed by atoms with Crippen molar-refractivity contribution in [2.24, 2.45) is 4.40 Å². The molecule has 1 heterocycles. The molecule has 0 bridgehead atoms. The van der Waals surface area contributed by atoms with Crippen LogP contribution in [-0.4, -0.2) is 20.1 Å². The van der Waals surface area contributed by atoms with Crippen LogP contribution in [0, 0.1) is 0 Å². The molecule has 0 radical (unpaired) electrons. The standard InChI is InChI=1S/C17H15F3N2O2S2/c1-2-22-14-8-3-4-9-15(14)26(23,24)21-16(22)25-11-12-6-5-7-13(10-12)17(18,19)20/h3-10H,2,11H2,1H3. The Morgan fingerprint density at radius 1 is 1.12 bits per heavy atom. The number of halogens is 3. The summed E-state index contributed by atoms with van der Waals surface area (Å²) in [7, 11) is -3.82. The smallest absolute Gasteiger partial charge is 0.319 e. The van der Waals surface area contributed by atoms with E-state index in [1.165, 1.54) is 12.1 Å². The molecular weight excluding hydrogens is 385 g/mol. The number of sulfonamides is 1. The van der Waals surface area contributed by atoms with Crippen molar-refractivity contribution >= 4 is 32.6 Å². The van der Waals surface area contributed by atoms with Crippen LogP contribution < -0.4 is 4.90 Å². The summed E-state index contributed by atoms with van der Waals surface area (Å²) in [6, 6.07) is 11.5. The molecule has 0 atom stereocenters. The Hall–Kier alpha value is -2.00. The predicted molar refractivity (Wildman–Crippen MR) is 96.8 cm³/mol. The van der Waals surface area contributed by atoms with Gasteiger partial charge in [-0.15, -0.1) is 4.40 Å². The molecule has 3 rings (SSSR count). The van der Waals surface area contributed by atoms with Gasteiger partial charge in [0.25, 0.3) is 10.0 Å². The van der Waals surface area contributed by atoms with Gasteiger partial charge in [-0.05, 0) is 30.7 Å². The highest BCUT2D eigenvalue weighted by molar-refractivity contribution is 8.14. The number of fused-ring (bicyclic) bond motifs is 1. The fourth-order valence-corrected chi connectivity index (χ4v) is 5.06. The Morgan fingerprint density at radius 3 is 2.54 bits per heavy atom. The molecule has 26 heavy (non-hydrogen) atoms. The average Bonchev–Trinajstić information content (AvgIpc) is 2.59. The summed E-state index contributed by atoms with van der Waals surface area (Å²) < 4.78 is 67.1. The van der Waals surface area contributed by atoms with E-state index in [0.717, 1.165) is 23.9 Å². The van der Waals surface area contributed by atoms with Crippen molar-refractivity contribution < 1.29 is 21.6 Å². The van der Waals surface area contributed by atoms with Gasteiger partial charge < -0.3 is 4.90 Å². The zero-order valence-electron chi connectivity index (χ0n) is 13.7. The molecule has 2 aromatic carbocycles. The minimum absolute atomic E-state index is 0.130. The second kappa shape index (κ2) is 6.96. The fourth-order valence-electron chi connectivity index (χ4n) is 2.60. The van der Waals surface area contributed by atoms with E-state index in [-0.39, 0.29) is 15.8 Å². The van der Waals surface area contributed by atoms with E-state index in [2.05, 4.69) is 4.40 Å². The summed E-state index contributed by atoms with van der Waals surface area (Å²) in [6.45, 7) is 2.34. The first-order valence-electron chi connectivity index (χ1n) is 7.73. The van der Waals surface area contributed by atoms with Crippen molar-refractivity contribution in [1.29, 1.82) is 0 Å². The van der Waals surface area contributed by atoms with Gasteiger partial charge in [0.2, 0.25) is 0 Å². The Bertz CT molecular complexity index is 956. The van der Waals surface area contributed by atoms with Gasteiger partial charge >= 0.3 is 6.18 Å². The maximum absolute atomic E-state index is 12.8. The molecule has 0 saturated carbocycles. The zero-order valence-corrected chi connectivity index (χ0v) is 15.3. The third-order valence-corrected chi connectivity index (χ3v) is 6.28. The first kappa shape index (κ1) is 18.8. The molecule has 1 aliphatic heterocycles. The molecule has 0 unspecified atom stereocenters. The Labute approximate surface area is 153 Å². The second-order valence-electron chi connectivity index (χ2n) is 5.55. The minimum Gasteiger partial charge on any atom is -0.319 e. The number of hydrogen-bond acceptors (Lipinski definition) is 4. The highest BCUT2D eigenvalue weighted by Crippen LogP contribution is 2.35. The summed E-state index contributed by atoms with van der Waals surface area (Å²) in [5, 5.41) is 0.253. The summed E-state index contributed by atoms with van der Waals surface area (Å²) in [5.41, 5.74) is 0.239. The third-order valence-electron chi connectivity index (χ3n) is 3.80. The maximum Gasteiger partial charge on any atom is 0.416 e. The lowest BCUT2D eigenvalue weighted by Gasteiger charge is -2.29. The van der Waals surface area contributed by atoms with Crippen LogP contribution in [0.25, 0.3) is 0 Å². The van der Waals surface area contributed by atoms with Crippen molar-refractivity contribution in [3.63, 3.8) is 0 Å². The molecule has 9 heteroatoms. The van der Waals surface area contributed by atoms with Crippen molar-refractivity contribution in [1.82, 2.24) is 0 Å². The summed E-state index contributed by atoms with van der Waals surface area (Å²) >= 11 is 1.10. The quantitative estimate of drug-likeness (QED) is 0.760. The van der Waals surface area contributed by atoms with Gasteiger partial charge in [0.05, 0.1) is 11.3 Å². The van der Waals surface area contributed by atoms with Gasteiger partial charge in [-0.2, -0.15) is 21.6 Å². The van der Waals surface area contributed by atoms with Gasteiger partial charge in [0.1, 0.15) is 4.90 Å². The number of amidine groups is 1. The number of benzene rings is 2. The van der Waals surface area contributed by atoms with E-state index >= 15 is 0 Å². The Kier molecular flexibility index (Phi) is 5.03. The zero-order chi connectivity index (χ0) is 18.9. The van der Waals surface area contributed by atoms with Gasteiger partial charge in [0, 0.05) is 12.3 Å². The van der Waals surface area contributed by atoms with E-state index in [4.69, 9.17) is 0 Å². The molecule has 0 N–H and O–H groups in total. The normalized spacial score (nSPS) is 16.2. The predicted octanol–water partition coefficient (Wildman–Crippen LogP) is 4.52. The number of para-hydroxylation sites is 1. The first-order chi connectivity index (χ1) is 12.2. The van der Waals surface area contributed by atoms with Crippen LogP contribution in [-0.2, 0) is 22.0 Å². The van der Waals surface area contributed by atoms with Crippen LogP contribution in [0.3, 0.4) is 0 Å². The molecule has 138 valence electrons. The lowest BCUT2D eigenvalue weighted by atomic mass is 10.1. The molecule has 0 aromatic heterocycles. The van der Waals surface area contributed by atoms with E-state index in [9.17, 15) is 21.6 Å². The lowest BCUT2D eigenvalue weighted by Crippen LogP contribution is -2.33. The Morgan fingerprint density at radius 2 is 1.85 bits per heavy atom. The number of hydrogen-bond donors (Lipinski definition) is 0. The first-order valence-corrected chi connectivity index (χ1v) is 10.2. The molecular formula is C17H15F3N2O2S2. The highest BCUT2D eigenvalue weighted by atomic mass is 32.2. The van der Waals surface area contributed by atoms with Crippen LogP contribution in [0.2, 0.25) is 0 Å². The lowest BCUT2D eigenvalue weighted by molar-refractivity contribution is -0.137. The number of alkyl halides is 3. The summed E-state index contributed by atoms with van der Waals surface area (Å²) in [4.78, 5) is 1.87. The Balaban J connectivity index is 1.88. The molecule has 0 spiro atoms. The average molecular weight is 400 g/mol. The summed E-state index contributed by atoms with van der Waals surface area (Å²) in [5.74, 6) is 0.178. The summed E-state index contributed by atoms with van der Waals surface area (Å²) in [6.07, 6.45) is -4.42. The fraction of sp³-hybridized carbons (Fsp3) is 0.235. The second-order valence-corrected chi connectivity index (χ2v) is 8.06. The van der Waals surface area contributed by atoms with Crippen LogP contribution >= 0.6 is 11.8 Å². The minimum atomic E-state index is -4.42. The van der Waals surface area contributed by atoms with Crippen molar-refractivity contribution in [3.8, 4) is 0 Å². The number of rotatable bonds is 3. The van der Waals surface area contributed by atoms with Crippen molar-refractivity contribution in [3.05, 3.63) is 59.7 Å². The monoisotopic (exact) mass is 400 g/mol. The van der Waals surface area contributed by atoms with E-state index in [1.54, 1.807) is 29.2 Å². The molecule has 0 amide bonds. The van der Waals surface area contributed by atoms with Gasteiger partial charge in [-0.3, -0.25) is 0 Å². The van der Waals surface area contributed by atoms with Crippen LogP contribution in [0.15, 0.2) is 57.8 Å². The molecule has 0 aliphatic carbocycles. The van der Waals surface area contributed by atoms with Gasteiger partial charge in [-0.25, -0.2) is 0 Å². The van der Waals surface area contributed by atoms with Crippen molar-refractivity contribution in [2.75, 3.05) is 11.4 Å². The number of nitrogens with zero attached hydrogens (tertiary/aromatic N) is 2. The molecule has 2 aromatic rings. The molecule has 1 aliphatic rings. The highest BCUT2D eigenvalue weighted by Gasteiger charge is 2.31. The van der Waals surface area contributed by atoms with Crippen LogP contribution in [0.4, 0.5) is 18.9 Å². The maximum atomic E-state index is 12.8. The van der Waals surface area contributed by atoms with Crippen LogP contribution in [0.1, 0.15) is 18.1 Å². The topological polar surface area (TPSA) is 49.7 Å². The largest absolute Gasteiger partial charge is 0.416 e. The van der Waals surface area contributed by atoms with Gasteiger partial charge in [0.15, 0.2) is 5.17 Å². The molecule has 0 saturated heterocycles. The number of thioether (sulfide) groups is 1. The molecule has 4 nitrogen and oxygen atoms in total. The van der Waals surface area contributed by atoms with E-state index in [0.29, 0.717) is 17.8 Å². The third kappa shape index (κ3) is 3.73. The number of anilines is 1. The van der Waals surface area contributed by atoms with Crippen molar-refractivity contribution in [2.45, 2.75) is 23.7 Å². The van der Waals surface area contributed by atoms with Crippen LogP contribution in [0.5, 0.6) is 0 Å². The van der Waals surface area contributed by atoms with E-state index in [1.807, 2.05) is 6.92 Å². The van der Waals surface area contributed by atoms with Gasteiger partial charge in [-0.1, -0.05) is 42.1 Å². The van der Waals surface area contributed by atoms with E-state index < -0.39 is 21.8 Å².